The van der Waals surface area contributed by atoms with Gasteiger partial charge in [-0.1, -0.05) is 19.6 Å². The maximum Gasteiger partial charge on any atom is 0.0258 e. The molecule has 1 radical (unpaired) electrons. The summed E-state index contributed by atoms with van der Waals surface area (Å²) in [5, 5.41) is 0. The first kappa shape index (κ1) is 5.43. The van der Waals surface area contributed by atoms with E-state index in [0.717, 1.165) is 0 Å². The van der Waals surface area contributed by atoms with Crippen molar-refractivity contribution >= 4 is 17.4 Å². The molecule has 2 heteroatoms. The first-order chi connectivity index (χ1) is 2.27. The van der Waals surface area contributed by atoms with Gasteiger partial charge < -0.3 is 0 Å². The zero-order valence-corrected chi connectivity index (χ0v) is 6.62. The minimum Gasteiger partial charge on any atom is -0.0768 e. The van der Waals surface area contributed by atoms with Crippen LogP contribution in [0.5, 0.6) is 0 Å². The van der Waals surface area contributed by atoms with Gasteiger partial charge in [0, 0.05) is 17.4 Å². The molecule has 0 aliphatic carbocycles. The molecular formula is C3H11Si2. The maximum atomic E-state index is 2.39. The van der Waals surface area contributed by atoms with Gasteiger partial charge in [-0.2, -0.15) is 0 Å². The van der Waals surface area contributed by atoms with Gasteiger partial charge in [-0.25, -0.2) is 0 Å². The Labute approximate surface area is 37.8 Å². The highest BCUT2D eigenvalue weighted by Crippen LogP contribution is 1.69. The summed E-state index contributed by atoms with van der Waals surface area (Å²) in [5.74, 6) is 0. The summed E-state index contributed by atoms with van der Waals surface area (Å²) >= 11 is 0. The second-order valence-corrected chi connectivity index (χ2v) is 11.0. The van der Waals surface area contributed by atoms with Crippen LogP contribution in [0, 0.1) is 0 Å². The van der Waals surface area contributed by atoms with Crippen molar-refractivity contribution in [2.45, 2.75) is 19.6 Å². The fourth-order valence-corrected chi connectivity index (χ4v) is 0. The second-order valence-electron chi connectivity index (χ2n) is 1.56. The van der Waals surface area contributed by atoms with Gasteiger partial charge in [0.15, 0.2) is 0 Å². The quantitative estimate of drug-likeness (QED) is 0.423. The molecular weight excluding hydrogens is 92.2 g/mol. The number of hydrogen-bond donors (Lipinski definition) is 0. The van der Waals surface area contributed by atoms with E-state index in [4.69, 9.17) is 0 Å². The lowest BCUT2D eigenvalue weighted by atomic mass is 11.9. The maximum absolute atomic E-state index is 2.39. The minimum atomic E-state index is 0.265. The number of rotatable bonds is 1. The van der Waals surface area contributed by atoms with Crippen molar-refractivity contribution in [3.8, 4) is 0 Å². The predicted molar refractivity (Wildman–Crippen MR) is 31.9 cm³/mol. The molecule has 0 rings (SSSR count). The molecule has 0 aromatic carbocycles. The second kappa shape index (κ2) is 2.66. The fourth-order valence-electron chi connectivity index (χ4n) is 0. The van der Waals surface area contributed by atoms with Crippen LogP contribution >= 0.6 is 0 Å². The van der Waals surface area contributed by atoms with Gasteiger partial charge in [0.2, 0.25) is 0 Å². The van der Waals surface area contributed by atoms with Crippen molar-refractivity contribution in [3.05, 3.63) is 0 Å². The predicted octanol–water partition coefficient (Wildman–Crippen LogP) is 0.454. The van der Waals surface area contributed by atoms with Crippen LogP contribution in [-0.2, 0) is 0 Å². The van der Waals surface area contributed by atoms with Crippen LogP contribution in [0.15, 0.2) is 0 Å². The molecule has 0 heterocycles. The molecule has 0 fully saturated rings. The lowest BCUT2D eigenvalue weighted by Gasteiger charge is -1.86. The van der Waals surface area contributed by atoms with Gasteiger partial charge in [0.05, 0.1) is 0 Å². The van der Waals surface area contributed by atoms with Gasteiger partial charge >= 0.3 is 0 Å². The van der Waals surface area contributed by atoms with Crippen LogP contribution in [0.25, 0.3) is 0 Å². The summed E-state index contributed by atoms with van der Waals surface area (Å²) in [6.45, 7) is 7.15. The third-order valence-corrected chi connectivity index (χ3v) is 6.36. The van der Waals surface area contributed by atoms with Crippen LogP contribution in [0.4, 0.5) is 0 Å². The molecule has 0 aromatic rings. The van der Waals surface area contributed by atoms with E-state index in [-0.39, 0.29) is 8.31 Å². The molecule has 0 aliphatic rings. The highest BCUT2D eigenvalue weighted by Gasteiger charge is 1.84. The van der Waals surface area contributed by atoms with E-state index >= 15 is 0 Å². The van der Waals surface area contributed by atoms with Crippen LogP contribution in [-0.4, -0.2) is 17.4 Å². The zero-order chi connectivity index (χ0) is 4.28. The molecule has 0 unspecified atom stereocenters. The summed E-state index contributed by atoms with van der Waals surface area (Å²) in [6, 6.07) is 0. The zero-order valence-electron chi connectivity index (χ0n) is 4.21. The normalized spacial score (nSPS) is 12.0. The van der Waals surface area contributed by atoms with E-state index in [1.165, 1.54) is 0 Å². The van der Waals surface area contributed by atoms with Crippen molar-refractivity contribution in [3.63, 3.8) is 0 Å². The third-order valence-electron chi connectivity index (χ3n) is 0.707. The van der Waals surface area contributed by atoms with E-state index in [0.29, 0.717) is 9.04 Å². The molecule has 0 aliphatic heterocycles. The Balaban J connectivity index is 2.54. The molecule has 31 valence electrons. The smallest absolute Gasteiger partial charge is 0.0258 e. The summed E-state index contributed by atoms with van der Waals surface area (Å²) in [7, 11) is 0.716. The molecule has 0 saturated carbocycles. The average molecular weight is 103 g/mol. The Bertz CT molecular complexity index is 18.9. The first-order valence-electron chi connectivity index (χ1n) is 2.06. The summed E-state index contributed by atoms with van der Waals surface area (Å²) in [6.07, 6.45) is 0. The Morgan fingerprint density at radius 1 is 1.40 bits per heavy atom. The van der Waals surface area contributed by atoms with Crippen molar-refractivity contribution in [2.75, 3.05) is 0 Å². The van der Waals surface area contributed by atoms with Gasteiger partial charge in [-0.15, -0.1) is 0 Å². The monoisotopic (exact) mass is 103 g/mol. The first-order valence-corrected chi connectivity index (χ1v) is 8.30. The molecule has 0 N–H and O–H groups in total. The van der Waals surface area contributed by atoms with Crippen molar-refractivity contribution in [1.29, 1.82) is 0 Å². The molecule has 0 aromatic heterocycles. The fraction of sp³-hybridized carbons (Fsp3) is 1.00. The highest BCUT2D eigenvalue weighted by atomic mass is 29.2. The van der Waals surface area contributed by atoms with Crippen molar-refractivity contribution in [2.24, 2.45) is 0 Å². The van der Waals surface area contributed by atoms with Crippen LogP contribution in [0.1, 0.15) is 0 Å². The molecule has 5 heavy (non-hydrogen) atoms. The van der Waals surface area contributed by atoms with E-state index in [1.807, 2.05) is 0 Å². The Morgan fingerprint density at radius 3 is 1.60 bits per heavy atom. The molecule has 0 spiro atoms. The Morgan fingerprint density at radius 2 is 1.60 bits per heavy atom. The van der Waals surface area contributed by atoms with Gasteiger partial charge in [-0.3, -0.25) is 0 Å². The molecule has 0 saturated heterocycles. The van der Waals surface area contributed by atoms with Crippen molar-refractivity contribution in [1.82, 2.24) is 0 Å². The summed E-state index contributed by atoms with van der Waals surface area (Å²) in [4.78, 5) is 0. The standard InChI is InChI=1S/C3H11Si2/c1-4-5(2)3/h4H2,1-3H3. The van der Waals surface area contributed by atoms with Crippen LogP contribution < -0.4 is 0 Å². The van der Waals surface area contributed by atoms with Crippen molar-refractivity contribution < 1.29 is 0 Å². The van der Waals surface area contributed by atoms with Gasteiger partial charge in [-0.05, 0) is 0 Å². The van der Waals surface area contributed by atoms with E-state index in [9.17, 15) is 0 Å². The lowest BCUT2D eigenvalue weighted by molar-refractivity contribution is 2.07. The van der Waals surface area contributed by atoms with E-state index < -0.39 is 0 Å². The topological polar surface area (TPSA) is 0 Å². The third kappa shape index (κ3) is 4.43. The van der Waals surface area contributed by atoms with E-state index in [2.05, 4.69) is 19.6 Å². The van der Waals surface area contributed by atoms with E-state index in [1.54, 1.807) is 0 Å². The summed E-state index contributed by atoms with van der Waals surface area (Å²) < 4.78 is 0. The number of hydrogen-bond acceptors (Lipinski definition) is 0. The average Bonchev–Trinajstić information content (AvgIpc) is 1.38. The van der Waals surface area contributed by atoms with Crippen LogP contribution in [0.2, 0.25) is 19.6 Å². The minimum absolute atomic E-state index is 0.265. The lowest BCUT2D eigenvalue weighted by Crippen LogP contribution is -2.06. The Kier molecular flexibility index (Phi) is 2.89. The Hall–Kier alpha value is 0.434. The largest absolute Gasteiger partial charge is 0.0768 e. The van der Waals surface area contributed by atoms with Crippen LogP contribution in [0.3, 0.4) is 0 Å². The molecule has 0 bridgehead atoms. The molecule has 0 atom stereocenters. The highest BCUT2D eigenvalue weighted by molar-refractivity contribution is 7.10. The summed E-state index contributed by atoms with van der Waals surface area (Å²) in [5.41, 5.74) is 0. The van der Waals surface area contributed by atoms with Gasteiger partial charge in [0.1, 0.15) is 0 Å². The van der Waals surface area contributed by atoms with Gasteiger partial charge in [0.25, 0.3) is 0 Å². The SMILES string of the molecule is C[SiH2][Si](C)C. The molecule has 0 nitrogen and oxygen atoms in total. The molecule has 0 amide bonds.